The number of carbonyl (C=O) groups is 2. The van der Waals surface area contributed by atoms with Gasteiger partial charge in [-0.05, 0) is 64.5 Å². The quantitative estimate of drug-likeness (QED) is 0.205. The number of anilines is 3. The molecule has 0 saturated heterocycles. The number of alkyl halides is 1. The van der Waals surface area contributed by atoms with Gasteiger partial charge in [0.2, 0.25) is 17.8 Å². The molecule has 1 aromatic carbocycles. The predicted octanol–water partition coefficient (Wildman–Crippen LogP) is 3.07. The van der Waals surface area contributed by atoms with E-state index in [9.17, 15) is 14.0 Å². The summed E-state index contributed by atoms with van der Waals surface area (Å²) in [5.41, 5.74) is 1.87. The van der Waals surface area contributed by atoms with Crippen molar-refractivity contribution < 1.29 is 14.0 Å². The second kappa shape index (κ2) is 15.3. The number of rotatable bonds is 12. The first-order valence-corrected chi connectivity index (χ1v) is 13.5. The van der Waals surface area contributed by atoms with E-state index in [-0.39, 0.29) is 23.8 Å². The minimum Gasteiger partial charge on any atom is -0.369 e. The molecule has 2 aromatic rings. The van der Waals surface area contributed by atoms with Crippen LogP contribution in [0.4, 0.5) is 21.8 Å². The Labute approximate surface area is 241 Å². The summed E-state index contributed by atoms with van der Waals surface area (Å²) in [7, 11) is 5.45. The molecule has 1 aliphatic rings. The highest BCUT2D eigenvalue weighted by molar-refractivity contribution is 5.92. The normalized spacial score (nSPS) is 16.6. The molecule has 216 valence electrons. The zero-order chi connectivity index (χ0) is 29.8. The first-order valence-electron chi connectivity index (χ1n) is 13.5. The van der Waals surface area contributed by atoms with Crippen LogP contribution in [0.3, 0.4) is 0 Å². The number of benzene rings is 1. The molecule has 41 heavy (non-hydrogen) atoms. The predicted molar refractivity (Wildman–Crippen MR) is 157 cm³/mol. The molecule has 3 rings (SSSR count). The number of nitrogens with zero attached hydrogens (tertiary/aromatic N) is 5. The topological polar surface area (TPSA) is 126 Å². The largest absolute Gasteiger partial charge is 0.369 e. The van der Waals surface area contributed by atoms with Crippen LogP contribution in [0.1, 0.15) is 37.3 Å². The van der Waals surface area contributed by atoms with Crippen molar-refractivity contribution >= 4 is 29.3 Å². The zero-order valence-corrected chi connectivity index (χ0v) is 23.9. The Morgan fingerprint density at radius 3 is 2.61 bits per heavy atom. The van der Waals surface area contributed by atoms with Crippen LogP contribution >= 0.6 is 0 Å². The SMILES string of the molecule is C[C@@H](C(=O)N[C@H]1C[C@@H](C#Cc2cnc(Nc3ccc(C#N)cc3)nc2NCCCF)C1)N(C)C(=O)/C=C/CN(C)C. The molecule has 1 saturated carbocycles. The van der Waals surface area contributed by atoms with Crippen LogP contribution < -0.4 is 16.0 Å². The molecular weight excluding hydrogens is 523 g/mol. The number of nitrogens with one attached hydrogen (secondary N) is 3. The van der Waals surface area contributed by atoms with Gasteiger partial charge in [-0.15, -0.1) is 0 Å². The second-order valence-corrected chi connectivity index (χ2v) is 10.2. The van der Waals surface area contributed by atoms with Crippen molar-refractivity contribution in [3.05, 3.63) is 53.7 Å². The molecule has 1 fully saturated rings. The van der Waals surface area contributed by atoms with E-state index in [4.69, 9.17) is 5.26 Å². The Balaban J connectivity index is 1.56. The van der Waals surface area contributed by atoms with Crippen LogP contribution in [-0.4, -0.2) is 84.6 Å². The van der Waals surface area contributed by atoms with Gasteiger partial charge in [0.05, 0.1) is 30.1 Å². The van der Waals surface area contributed by atoms with E-state index in [0.29, 0.717) is 55.2 Å². The summed E-state index contributed by atoms with van der Waals surface area (Å²) in [5.74, 6) is 6.89. The molecule has 1 aliphatic carbocycles. The molecule has 1 heterocycles. The number of hydrogen-bond donors (Lipinski definition) is 3. The van der Waals surface area contributed by atoms with Gasteiger partial charge in [-0.3, -0.25) is 14.0 Å². The highest BCUT2D eigenvalue weighted by Crippen LogP contribution is 2.27. The Bertz CT molecular complexity index is 1320. The van der Waals surface area contributed by atoms with Gasteiger partial charge in [0.1, 0.15) is 11.9 Å². The first-order chi connectivity index (χ1) is 19.7. The van der Waals surface area contributed by atoms with Crippen LogP contribution in [0.2, 0.25) is 0 Å². The van der Waals surface area contributed by atoms with Gasteiger partial charge in [-0.2, -0.15) is 10.2 Å². The number of hydrogen-bond acceptors (Lipinski definition) is 8. The van der Waals surface area contributed by atoms with Crippen molar-refractivity contribution in [2.24, 2.45) is 5.92 Å². The van der Waals surface area contributed by atoms with Gasteiger partial charge >= 0.3 is 0 Å². The van der Waals surface area contributed by atoms with Crippen LogP contribution in [0.5, 0.6) is 0 Å². The number of carbonyl (C=O) groups excluding carboxylic acids is 2. The molecule has 0 aliphatic heterocycles. The molecule has 0 spiro atoms. The Hall–Kier alpha value is -4.48. The van der Waals surface area contributed by atoms with Gasteiger partial charge in [0.25, 0.3) is 0 Å². The van der Waals surface area contributed by atoms with Crippen LogP contribution in [0.25, 0.3) is 0 Å². The zero-order valence-electron chi connectivity index (χ0n) is 23.9. The molecule has 1 aromatic heterocycles. The lowest BCUT2D eigenvalue weighted by molar-refractivity contribution is -0.135. The maximum absolute atomic E-state index is 12.7. The minimum atomic E-state index is -0.594. The van der Waals surface area contributed by atoms with Crippen molar-refractivity contribution in [2.45, 2.75) is 38.3 Å². The van der Waals surface area contributed by atoms with Gasteiger partial charge in [-0.25, -0.2) is 4.98 Å². The third kappa shape index (κ3) is 9.59. The van der Waals surface area contributed by atoms with Crippen LogP contribution in [0, 0.1) is 29.1 Å². The lowest BCUT2D eigenvalue weighted by Crippen LogP contribution is -2.51. The number of amides is 2. The molecular formula is C30H37FN8O2. The fourth-order valence-electron chi connectivity index (χ4n) is 3.90. The van der Waals surface area contributed by atoms with Gasteiger partial charge < -0.3 is 25.8 Å². The smallest absolute Gasteiger partial charge is 0.246 e. The van der Waals surface area contributed by atoms with E-state index in [0.717, 1.165) is 5.69 Å². The van der Waals surface area contributed by atoms with Gasteiger partial charge in [0, 0.05) is 43.9 Å². The molecule has 0 unspecified atom stereocenters. The highest BCUT2D eigenvalue weighted by atomic mass is 19.1. The second-order valence-electron chi connectivity index (χ2n) is 10.2. The van der Waals surface area contributed by atoms with Crippen molar-refractivity contribution in [3.63, 3.8) is 0 Å². The number of halogens is 1. The Morgan fingerprint density at radius 2 is 1.95 bits per heavy atom. The van der Waals surface area contributed by atoms with Crippen molar-refractivity contribution in [1.29, 1.82) is 5.26 Å². The molecule has 2 amide bonds. The van der Waals surface area contributed by atoms with E-state index >= 15 is 0 Å². The lowest BCUT2D eigenvalue weighted by Gasteiger charge is -2.34. The van der Waals surface area contributed by atoms with E-state index in [2.05, 4.69) is 43.8 Å². The Kier molecular flexibility index (Phi) is 11.6. The number of nitriles is 1. The summed E-state index contributed by atoms with van der Waals surface area (Å²) in [6, 6.07) is 8.39. The maximum Gasteiger partial charge on any atom is 0.246 e. The van der Waals surface area contributed by atoms with Gasteiger partial charge in [-0.1, -0.05) is 17.9 Å². The van der Waals surface area contributed by atoms with Gasteiger partial charge in [0.15, 0.2) is 0 Å². The maximum atomic E-state index is 12.7. The molecule has 0 radical (unpaired) electrons. The summed E-state index contributed by atoms with van der Waals surface area (Å²) in [6.07, 6.45) is 6.61. The standard InChI is InChI=1S/C30H37FN8O2/c1-21(39(4)27(40)7-5-16-38(2)3)29(41)35-26-17-23(18-26)8-11-24-20-34-30(37-28(24)33-15-6-14-31)36-25-12-9-22(19-32)10-13-25/h5,7,9-10,12-13,20-21,23,26H,6,14-18H2,1-4H3,(H,35,41)(H2,33,34,36,37)/b7-5+/t21-,23-,26+/m0/s1. The number of likely N-dealkylation sites (N-methyl/N-ethyl adjacent to an activating group) is 2. The molecule has 1 atom stereocenters. The summed E-state index contributed by atoms with van der Waals surface area (Å²) in [4.78, 5) is 37.3. The third-order valence-electron chi connectivity index (χ3n) is 6.60. The van der Waals surface area contributed by atoms with E-state index in [1.807, 2.05) is 19.0 Å². The van der Waals surface area contributed by atoms with Crippen molar-refractivity contribution in [2.75, 3.05) is 51.5 Å². The first kappa shape index (κ1) is 31.1. The summed E-state index contributed by atoms with van der Waals surface area (Å²) >= 11 is 0. The fourth-order valence-corrected chi connectivity index (χ4v) is 3.90. The van der Waals surface area contributed by atoms with Crippen molar-refractivity contribution in [1.82, 2.24) is 25.1 Å². The van der Waals surface area contributed by atoms with E-state index < -0.39 is 12.7 Å². The molecule has 11 heteroatoms. The molecule has 0 bridgehead atoms. The highest BCUT2D eigenvalue weighted by Gasteiger charge is 2.31. The third-order valence-corrected chi connectivity index (χ3v) is 6.60. The lowest BCUT2D eigenvalue weighted by atomic mass is 9.80. The number of aromatic nitrogens is 2. The van der Waals surface area contributed by atoms with E-state index in [1.54, 1.807) is 50.5 Å². The monoisotopic (exact) mass is 560 g/mol. The van der Waals surface area contributed by atoms with E-state index in [1.165, 1.54) is 11.0 Å². The van der Waals surface area contributed by atoms with Crippen LogP contribution in [-0.2, 0) is 9.59 Å². The molecule has 3 N–H and O–H groups in total. The summed E-state index contributed by atoms with van der Waals surface area (Å²) < 4.78 is 12.7. The summed E-state index contributed by atoms with van der Waals surface area (Å²) in [6.45, 7) is 2.31. The summed E-state index contributed by atoms with van der Waals surface area (Å²) in [5, 5.41) is 18.2. The fraction of sp³-hybridized carbons (Fsp3) is 0.433. The average molecular weight is 561 g/mol. The van der Waals surface area contributed by atoms with Crippen molar-refractivity contribution in [3.8, 4) is 17.9 Å². The minimum absolute atomic E-state index is 0.00516. The average Bonchev–Trinajstić information content (AvgIpc) is 2.94. The molecule has 10 nitrogen and oxygen atoms in total. The van der Waals surface area contributed by atoms with Crippen LogP contribution in [0.15, 0.2) is 42.6 Å². The Morgan fingerprint density at radius 1 is 1.22 bits per heavy atom.